The van der Waals surface area contributed by atoms with Gasteiger partial charge in [-0.3, -0.25) is 4.79 Å². The van der Waals surface area contributed by atoms with Crippen molar-refractivity contribution in [2.45, 2.75) is 38.5 Å². The van der Waals surface area contributed by atoms with Crippen molar-refractivity contribution in [2.75, 3.05) is 22.9 Å². The van der Waals surface area contributed by atoms with Gasteiger partial charge in [-0.1, -0.05) is 12.8 Å². The van der Waals surface area contributed by atoms with E-state index < -0.39 is 0 Å². The summed E-state index contributed by atoms with van der Waals surface area (Å²) in [6.07, 6.45) is 6.75. The van der Waals surface area contributed by atoms with E-state index in [1.807, 2.05) is 6.07 Å². The van der Waals surface area contributed by atoms with E-state index in [0.29, 0.717) is 6.42 Å². The van der Waals surface area contributed by atoms with E-state index in [9.17, 15) is 4.79 Å². The Morgan fingerprint density at radius 2 is 2.05 bits per heavy atom. The summed E-state index contributed by atoms with van der Waals surface area (Å²) in [5.74, 6) is 0.869. The van der Waals surface area contributed by atoms with Crippen molar-refractivity contribution in [1.29, 1.82) is 0 Å². The maximum absolute atomic E-state index is 11.4. The number of carbonyl (C=O) groups excluding carboxylic acids is 1. The van der Waals surface area contributed by atoms with E-state index in [-0.39, 0.29) is 5.91 Å². The molecule has 4 heteroatoms. The summed E-state index contributed by atoms with van der Waals surface area (Å²) >= 11 is 0. The highest BCUT2D eigenvalue weighted by Crippen LogP contribution is 2.32. The lowest BCUT2D eigenvalue weighted by molar-refractivity contribution is -0.116. The average molecular weight is 259 g/mol. The van der Waals surface area contributed by atoms with E-state index in [4.69, 9.17) is 5.73 Å². The number of benzene rings is 1. The van der Waals surface area contributed by atoms with Gasteiger partial charge in [0.2, 0.25) is 5.91 Å². The minimum absolute atomic E-state index is 0.0820. The quantitative estimate of drug-likeness (QED) is 0.731. The summed E-state index contributed by atoms with van der Waals surface area (Å²) in [7, 11) is 0. The number of carbonyl (C=O) groups is 1. The predicted molar refractivity (Wildman–Crippen MR) is 78.3 cm³/mol. The van der Waals surface area contributed by atoms with E-state index in [2.05, 4.69) is 16.7 Å². The standard InChI is InChI=1S/C15H21N3O/c16-12-8-13-11(5-6-15(19)18-13)7-14(12)17-9-10-3-1-2-4-10/h7-8,10,17H,1-6,9,16H2,(H,18,19). The number of fused-ring (bicyclic) bond motifs is 1. The zero-order valence-electron chi connectivity index (χ0n) is 11.2. The third-order valence-electron chi connectivity index (χ3n) is 4.23. The minimum atomic E-state index is 0.0820. The summed E-state index contributed by atoms with van der Waals surface area (Å²) in [5, 5.41) is 6.36. The van der Waals surface area contributed by atoms with Crippen molar-refractivity contribution < 1.29 is 4.79 Å². The van der Waals surface area contributed by atoms with Crippen LogP contribution in [0.25, 0.3) is 0 Å². The first-order valence-corrected chi connectivity index (χ1v) is 7.18. The van der Waals surface area contributed by atoms with Gasteiger partial charge in [0.15, 0.2) is 0 Å². The molecular weight excluding hydrogens is 238 g/mol. The molecule has 1 saturated carbocycles. The highest BCUT2D eigenvalue weighted by molar-refractivity contribution is 5.95. The van der Waals surface area contributed by atoms with Gasteiger partial charge >= 0.3 is 0 Å². The van der Waals surface area contributed by atoms with E-state index in [0.717, 1.165) is 35.9 Å². The molecule has 0 radical (unpaired) electrons. The van der Waals surface area contributed by atoms with E-state index in [1.165, 1.54) is 31.2 Å². The highest BCUT2D eigenvalue weighted by atomic mass is 16.1. The minimum Gasteiger partial charge on any atom is -0.397 e. The Bertz CT molecular complexity index is 492. The number of nitrogens with one attached hydrogen (secondary N) is 2. The van der Waals surface area contributed by atoms with Crippen LogP contribution in [0.2, 0.25) is 0 Å². The lowest BCUT2D eigenvalue weighted by Crippen LogP contribution is -2.20. The van der Waals surface area contributed by atoms with Crippen molar-refractivity contribution in [2.24, 2.45) is 5.92 Å². The van der Waals surface area contributed by atoms with Crippen molar-refractivity contribution in [3.63, 3.8) is 0 Å². The fraction of sp³-hybridized carbons (Fsp3) is 0.533. The second kappa shape index (κ2) is 5.11. The van der Waals surface area contributed by atoms with Gasteiger partial charge < -0.3 is 16.4 Å². The zero-order chi connectivity index (χ0) is 13.2. The van der Waals surface area contributed by atoms with Crippen LogP contribution in [0.1, 0.15) is 37.7 Å². The second-order valence-electron chi connectivity index (χ2n) is 5.68. The van der Waals surface area contributed by atoms with Gasteiger partial charge in [-0.2, -0.15) is 0 Å². The molecule has 0 unspecified atom stereocenters. The Kier molecular flexibility index (Phi) is 3.32. The summed E-state index contributed by atoms with van der Waals surface area (Å²) < 4.78 is 0. The van der Waals surface area contributed by atoms with Crippen molar-refractivity contribution in [3.05, 3.63) is 17.7 Å². The molecule has 1 aliphatic carbocycles. The summed E-state index contributed by atoms with van der Waals surface area (Å²) in [6, 6.07) is 3.97. The number of anilines is 3. The Morgan fingerprint density at radius 3 is 2.84 bits per heavy atom. The molecule has 1 heterocycles. The van der Waals surface area contributed by atoms with E-state index in [1.54, 1.807) is 0 Å². The smallest absolute Gasteiger partial charge is 0.224 e. The molecule has 1 aliphatic heterocycles. The van der Waals surface area contributed by atoms with E-state index >= 15 is 0 Å². The normalized spacial score (nSPS) is 19.1. The Morgan fingerprint density at radius 1 is 1.26 bits per heavy atom. The first kappa shape index (κ1) is 12.3. The van der Waals surface area contributed by atoms with Gasteiger partial charge in [0.25, 0.3) is 0 Å². The molecule has 0 spiro atoms. The topological polar surface area (TPSA) is 67.1 Å². The number of amides is 1. The molecule has 1 aromatic rings. The predicted octanol–water partition coefficient (Wildman–Crippen LogP) is 2.76. The van der Waals surface area contributed by atoms with Crippen LogP contribution in [-0.2, 0) is 11.2 Å². The largest absolute Gasteiger partial charge is 0.397 e. The van der Waals surface area contributed by atoms with Gasteiger partial charge in [0.1, 0.15) is 0 Å². The maximum atomic E-state index is 11.4. The van der Waals surface area contributed by atoms with Crippen LogP contribution < -0.4 is 16.4 Å². The lowest BCUT2D eigenvalue weighted by atomic mass is 10.0. The maximum Gasteiger partial charge on any atom is 0.224 e. The van der Waals surface area contributed by atoms with Crippen molar-refractivity contribution >= 4 is 23.0 Å². The molecule has 4 nitrogen and oxygen atoms in total. The number of nitrogens with two attached hydrogens (primary N) is 1. The summed E-state index contributed by atoms with van der Waals surface area (Å²) in [4.78, 5) is 11.4. The fourth-order valence-corrected chi connectivity index (χ4v) is 3.07. The molecule has 0 bridgehead atoms. The summed E-state index contributed by atoms with van der Waals surface area (Å²) in [6.45, 7) is 1.01. The van der Waals surface area contributed by atoms with Crippen molar-refractivity contribution in [3.8, 4) is 0 Å². The Hall–Kier alpha value is -1.71. The Balaban J connectivity index is 1.72. The monoisotopic (exact) mass is 259 g/mol. The molecule has 19 heavy (non-hydrogen) atoms. The van der Waals surface area contributed by atoms with Gasteiger partial charge in [-0.15, -0.1) is 0 Å². The number of aryl methyl sites for hydroxylation is 1. The number of rotatable bonds is 3. The van der Waals surface area contributed by atoms with Crippen LogP contribution in [0, 0.1) is 5.92 Å². The highest BCUT2D eigenvalue weighted by Gasteiger charge is 2.18. The van der Waals surface area contributed by atoms with Gasteiger partial charge in [-0.05, 0) is 42.9 Å². The third kappa shape index (κ3) is 2.67. The molecule has 102 valence electrons. The molecule has 0 saturated heterocycles. The number of hydrogen-bond donors (Lipinski definition) is 3. The second-order valence-corrected chi connectivity index (χ2v) is 5.68. The van der Waals surface area contributed by atoms with Gasteiger partial charge in [0.05, 0.1) is 11.4 Å². The van der Waals surface area contributed by atoms with Crippen LogP contribution in [0.3, 0.4) is 0 Å². The molecule has 0 aromatic heterocycles. The Labute approximate surface area is 113 Å². The van der Waals surface area contributed by atoms with Crippen LogP contribution in [0.5, 0.6) is 0 Å². The first-order chi connectivity index (χ1) is 9.22. The molecule has 1 amide bonds. The molecular formula is C15H21N3O. The molecule has 3 rings (SSSR count). The fourth-order valence-electron chi connectivity index (χ4n) is 3.07. The molecule has 1 aromatic carbocycles. The van der Waals surface area contributed by atoms with Crippen LogP contribution in [0.4, 0.5) is 17.1 Å². The van der Waals surface area contributed by atoms with Crippen LogP contribution in [0.15, 0.2) is 12.1 Å². The number of hydrogen-bond acceptors (Lipinski definition) is 3. The first-order valence-electron chi connectivity index (χ1n) is 7.18. The van der Waals surface area contributed by atoms with Crippen LogP contribution in [-0.4, -0.2) is 12.5 Å². The molecule has 4 N–H and O–H groups in total. The van der Waals surface area contributed by atoms with Gasteiger partial charge in [0, 0.05) is 18.7 Å². The number of nitrogen functional groups attached to an aromatic ring is 1. The zero-order valence-corrected chi connectivity index (χ0v) is 11.2. The molecule has 1 fully saturated rings. The van der Waals surface area contributed by atoms with Crippen molar-refractivity contribution in [1.82, 2.24) is 0 Å². The average Bonchev–Trinajstić information content (AvgIpc) is 2.89. The molecule has 0 atom stereocenters. The third-order valence-corrected chi connectivity index (χ3v) is 4.23. The lowest BCUT2D eigenvalue weighted by Gasteiger charge is -2.20. The van der Waals surface area contributed by atoms with Crippen LogP contribution >= 0.6 is 0 Å². The van der Waals surface area contributed by atoms with Gasteiger partial charge in [-0.25, -0.2) is 0 Å². The summed E-state index contributed by atoms with van der Waals surface area (Å²) in [5.41, 5.74) is 9.86. The molecule has 2 aliphatic rings. The SMILES string of the molecule is Nc1cc2c(cc1NCC1CCCC1)CCC(=O)N2.